The highest BCUT2D eigenvalue weighted by Crippen LogP contribution is 2.44. The minimum absolute atomic E-state index is 0.0592. The Bertz CT molecular complexity index is 1050. The van der Waals surface area contributed by atoms with Crippen LogP contribution >= 0.6 is 15.9 Å². The summed E-state index contributed by atoms with van der Waals surface area (Å²) in [6.07, 6.45) is 0. The number of carbonyl (C=O) groups excluding carboxylic acids is 1. The van der Waals surface area contributed by atoms with Gasteiger partial charge in [0.15, 0.2) is 5.92 Å². The molecule has 0 aliphatic heterocycles. The van der Waals surface area contributed by atoms with Gasteiger partial charge in [-0.3, -0.25) is 9.59 Å². The van der Waals surface area contributed by atoms with E-state index in [9.17, 15) is 14.7 Å². The first kappa shape index (κ1) is 20.3. The summed E-state index contributed by atoms with van der Waals surface area (Å²) in [4.78, 5) is 24.6. The summed E-state index contributed by atoms with van der Waals surface area (Å²) in [7, 11) is 0. The average Bonchev–Trinajstić information content (AvgIpc) is 3.06. The highest BCUT2D eigenvalue weighted by molar-refractivity contribution is 9.10. The van der Waals surface area contributed by atoms with Gasteiger partial charge in [-0.15, -0.1) is 0 Å². The molecular weight excluding hydrogens is 446 g/mol. The maximum atomic E-state index is 12.8. The summed E-state index contributed by atoms with van der Waals surface area (Å²) in [6, 6.07) is 21.8. The Balaban J connectivity index is 1.54. The standard InChI is InChI=1S/C24H20BrNO4/c25-15-11-9-14(10-12-15)22(26)21(23(27)28)24(29)30-13-20-18-7-3-1-5-16(18)17-6-2-4-8-19(17)20/h1-12,20-22H,13,26H2,(H,27,28)/t21-,22+/m0/s1. The summed E-state index contributed by atoms with van der Waals surface area (Å²) in [6.45, 7) is 0.0592. The lowest BCUT2D eigenvalue weighted by molar-refractivity contribution is -0.160. The smallest absolute Gasteiger partial charge is 0.322 e. The molecule has 0 fully saturated rings. The number of carbonyl (C=O) groups is 2. The highest BCUT2D eigenvalue weighted by Gasteiger charge is 2.37. The van der Waals surface area contributed by atoms with Crippen molar-refractivity contribution in [3.05, 3.63) is 94.0 Å². The van der Waals surface area contributed by atoms with E-state index >= 15 is 0 Å². The number of aliphatic carboxylic acids is 1. The molecule has 3 N–H and O–H groups in total. The average molecular weight is 466 g/mol. The molecule has 0 saturated heterocycles. The molecule has 0 amide bonds. The van der Waals surface area contributed by atoms with Crippen LogP contribution in [0.2, 0.25) is 0 Å². The topological polar surface area (TPSA) is 89.6 Å². The number of hydrogen-bond donors (Lipinski definition) is 2. The predicted molar refractivity (Wildman–Crippen MR) is 117 cm³/mol. The molecule has 0 saturated carbocycles. The van der Waals surface area contributed by atoms with E-state index in [4.69, 9.17) is 10.5 Å². The maximum Gasteiger partial charge on any atom is 0.322 e. The van der Waals surface area contributed by atoms with Gasteiger partial charge in [-0.05, 0) is 39.9 Å². The molecule has 1 aliphatic rings. The van der Waals surface area contributed by atoms with Crippen molar-refractivity contribution >= 4 is 27.9 Å². The predicted octanol–water partition coefficient (Wildman–Crippen LogP) is 4.51. The largest absolute Gasteiger partial charge is 0.481 e. The summed E-state index contributed by atoms with van der Waals surface area (Å²) in [5.74, 6) is -3.76. The maximum absolute atomic E-state index is 12.8. The van der Waals surface area contributed by atoms with Gasteiger partial charge in [0.05, 0.1) is 6.04 Å². The van der Waals surface area contributed by atoms with E-state index in [0.717, 1.165) is 26.7 Å². The minimum Gasteiger partial charge on any atom is -0.481 e. The Kier molecular flexibility index (Phi) is 5.70. The summed E-state index contributed by atoms with van der Waals surface area (Å²) in [5.41, 5.74) is 11.0. The number of halogens is 1. The Morgan fingerprint density at radius 1 is 0.933 bits per heavy atom. The molecule has 152 valence electrons. The fraction of sp³-hybridized carbons (Fsp3) is 0.167. The Morgan fingerprint density at radius 2 is 1.47 bits per heavy atom. The van der Waals surface area contributed by atoms with E-state index < -0.39 is 23.9 Å². The molecule has 6 heteroatoms. The van der Waals surface area contributed by atoms with Crippen LogP contribution in [0.15, 0.2) is 77.3 Å². The minimum atomic E-state index is -1.49. The quantitative estimate of drug-likeness (QED) is 0.412. The van der Waals surface area contributed by atoms with Crippen LogP contribution < -0.4 is 5.73 Å². The van der Waals surface area contributed by atoms with E-state index in [1.54, 1.807) is 24.3 Å². The third-order valence-corrected chi connectivity index (χ3v) is 6.02. The zero-order chi connectivity index (χ0) is 21.3. The van der Waals surface area contributed by atoms with Gasteiger partial charge in [0.25, 0.3) is 0 Å². The molecule has 3 aromatic rings. The second kappa shape index (κ2) is 8.42. The first-order chi connectivity index (χ1) is 14.5. The molecule has 0 spiro atoms. The van der Waals surface area contributed by atoms with Gasteiger partial charge < -0.3 is 15.6 Å². The highest BCUT2D eigenvalue weighted by atomic mass is 79.9. The number of ether oxygens (including phenoxy) is 1. The monoisotopic (exact) mass is 465 g/mol. The molecule has 1 aliphatic carbocycles. The van der Waals surface area contributed by atoms with Gasteiger partial charge >= 0.3 is 11.9 Å². The number of fused-ring (bicyclic) bond motifs is 3. The normalized spacial score (nSPS) is 14.5. The third kappa shape index (κ3) is 3.76. The van der Waals surface area contributed by atoms with Crippen LogP contribution in [0.3, 0.4) is 0 Å². The fourth-order valence-electron chi connectivity index (χ4n) is 3.97. The lowest BCUT2D eigenvalue weighted by atomic mass is 9.93. The van der Waals surface area contributed by atoms with Crippen molar-refractivity contribution in [2.75, 3.05) is 6.61 Å². The van der Waals surface area contributed by atoms with Crippen LogP contribution in [-0.2, 0) is 14.3 Å². The number of carboxylic acids is 1. The van der Waals surface area contributed by atoms with Gasteiger partial charge in [0.2, 0.25) is 0 Å². The summed E-state index contributed by atoms with van der Waals surface area (Å²) in [5, 5.41) is 9.65. The Hall–Kier alpha value is -2.96. The van der Waals surface area contributed by atoms with Gasteiger partial charge in [0, 0.05) is 10.4 Å². The number of benzene rings is 3. The van der Waals surface area contributed by atoms with Gasteiger partial charge in [-0.2, -0.15) is 0 Å². The number of rotatable bonds is 6. The van der Waals surface area contributed by atoms with E-state index in [1.165, 1.54) is 0 Å². The lowest BCUT2D eigenvalue weighted by Gasteiger charge is -2.21. The van der Waals surface area contributed by atoms with E-state index in [0.29, 0.717) is 5.56 Å². The van der Waals surface area contributed by atoms with E-state index in [2.05, 4.69) is 15.9 Å². The molecule has 2 atom stereocenters. The SMILES string of the molecule is N[C@H](c1ccc(Br)cc1)[C@@H](C(=O)O)C(=O)OCC1c2ccccc2-c2ccccc21. The van der Waals surface area contributed by atoms with Gasteiger partial charge in [-0.1, -0.05) is 76.6 Å². The molecule has 0 heterocycles. The number of carboxylic acid groups (broad SMARTS) is 1. The van der Waals surface area contributed by atoms with Crippen molar-refractivity contribution in [3.8, 4) is 11.1 Å². The van der Waals surface area contributed by atoms with Crippen LogP contribution in [0.1, 0.15) is 28.7 Å². The molecule has 3 aromatic carbocycles. The zero-order valence-electron chi connectivity index (χ0n) is 16.0. The Morgan fingerprint density at radius 3 is 2.00 bits per heavy atom. The lowest BCUT2D eigenvalue weighted by Crippen LogP contribution is -2.36. The second-order valence-corrected chi connectivity index (χ2v) is 8.17. The molecule has 0 unspecified atom stereocenters. The number of nitrogens with two attached hydrogens (primary N) is 1. The third-order valence-electron chi connectivity index (χ3n) is 5.49. The van der Waals surface area contributed by atoms with Crippen LogP contribution in [0.5, 0.6) is 0 Å². The molecule has 0 radical (unpaired) electrons. The van der Waals surface area contributed by atoms with Crippen LogP contribution in [0, 0.1) is 5.92 Å². The van der Waals surface area contributed by atoms with E-state index in [-0.39, 0.29) is 12.5 Å². The van der Waals surface area contributed by atoms with Crippen LogP contribution in [0.25, 0.3) is 11.1 Å². The molecule has 0 aromatic heterocycles. The van der Waals surface area contributed by atoms with Crippen molar-refractivity contribution in [3.63, 3.8) is 0 Å². The fourth-order valence-corrected chi connectivity index (χ4v) is 4.24. The first-order valence-corrected chi connectivity index (χ1v) is 10.4. The van der Waals surface area contributed by atoms with Crippen molar-refractivity contribution < 1.29 is 19.4 Å². The van der Waals surface area contributed by atoms with Crippen molar-refractivity contribution in [1.82, 2.24) is 0 Å². The van der Waals surface area contributed by atoms with Crippen LogP contribution in [0.4, 0.5) is 0 Å². The van der Waals surface area contributed by atoms with Crippen LogP contribution in [-0.4, -0.2) is 23.7 Å². The van der Waals surface area contributed by atoms with Gasteiger partial charge in [0.1, 0.15) is 6.61 Å². The van der Waals surface area contributed by atoms with E-state index in [1.807, 2.05) is 48.5 Å². The second-order valence-electron chi connectivity index (χ2n) is 7.25. The number of hydrogen-bond acceptors (Lipinski definition) is 4. The first-order valence-electron chi connectivity index (χ1n) is 9.56. The molecule has 5 nitrogen and oxygen atoms in total. The molecule has 30 heavy (non-hydrogen) atoms. The van der Waals surface area contributed by atoms with Crippen molar-refractivity contribution in [2.45, 2.75) is 12.0 Å². The van der Waals surface area contributed by atoms with Crippen molar-refractivity contribution in [2.24, 2.45) is 11.7 Å². The number of esters is 1. The zero-order valence-corrected chi connectivity index (χ0v) is 17.6. The molecule has 0 bridgehead atoms. The molecular formula is C24H20BrNO4. The van der Waals surface area contributed by atoms with Gasteiger partial charge in [-0.25, -0.2) is 0 Å². The van der Waals surface area contributed by atoms with Crippen molar-refractivity contribution in [1.29, 1.82) is 0 Å². The summed E-state index contributed by atoms with van der Waals surface area (Å²) < 4.78 is 6.36. The molecule has 4 rings (SSSR count). The summed E-state index contributed by atoms with van der Waals surface area (Å²) >= 11 is 3.33. The Labute approximate surface area is 182 Å².